The number of ether oxygens (including phenoxy) is 2. The first-order chi connectivity index (χ1) is 10.0. The predicted octanol–water partition coefficient (Wildman–Crippen LogP) is 2.13. The van der Waals surface area contributed by atoms with Crippen LogP contribution in [0.15, 0.2) is 29.2 Å². The molecule has 118 valence electrons. The van der Waals surface area contributed by atoms with E-state index in [9.17, 15) is 8.42 Å². The zero-order chi connectivity index (χ0) is 15.3. The lowest BCUT2D eigenvalue weighted by molar-refractivity contribution is 0.0628. The Morgan fingerprint density at radius 3 is 2.43 bits per heavy atom. The number of rotatable bonds is 6. The van der Waals surface area contributed by atoms with E-state index in [2.05, 4.69) is 0 Å². The van der Waals surface area contributed by atoms with Gasteiger partial charge in [-0.25, -0.2) is 12.7 Å². The molecule has 0 aliphatic carbocycles. The first-order valence-corrected chi connectivity index (χ1v) is 8.66. The summed E-state index contributed by atoms with van der Waals surface area (Å²) in [6.45, 7) is 2.12. The predicted molar refractivity (Wildman–Crippen MR) is 81.0 cm³/mol. The van der Waals surface area contributed by atoms with E-state index in [0.717, 1.165) is 32.5 Å². The van der Waals surface area contributed by atoms with Crippen LogP contribution in [0, 0.1) is 5.92 Å². The van der Waals surface area contributed by atoms with Crippen LogP contribution in [-0.4, -0.2) is 46.6 Å². The van der Waals surface area contributed by atoms with Gasteiger partial charge in [0, 0.05) is 26.8 Å². The normalized spacial score (nSPS) is 17.1. The van der Waals surface area contributed by atoms with Crippen molar-refractivity contribution in [1.29, 1.82) is 0 Å². The van der Waals surface area contributed by atoms with Gasteiger partial charge in [-0.2, -0.15) is 0 Å². The summed E-state index contributed by atoms with van der Waals surface area (Å²) in [5.41, 5.74) is 0. The SMILES string of the molecule is COc1ccc(S(=O)(=O)N(C)CCC2CCOCC2)cc1. The van der Waals surface area contributed by atoms with Gasteiger partial charge in [0.15, 0.2) is 0 Å². The zero-order valence-electron chi connectivity index (χ0n) is 12.6. The fourth-order valence-corrected chi connectivity index (χ4v) is 3.63. The molecule has 0 spiro atoms. The third-order valence-corrected chi connectivity index (χ3v) is 5.83. The molecule has 21 heavy (non-hydrogen) atoms. The van der Waals surface area contributed by atoms with E-state index in [-0.39, 0.29) is 0 Å². The molecule has 0 atom stereocenters. The lowest BCUT2D eigenvalue weighted by Crippen LogP contribution is -2.30. The van der Waals surface area contributed by atoms with E-state index < -0.39 is 10.0 Å². The van der Waals surface area contributed by atoms with Gasteiger partial charge in [0.25, 0.3) is 0 Å². The van der Waals surface area contributed by atoms with E-state index in [4.69, 9.17) is 9.47 Å². The molecule has 0 radical (unpaired) electrons. The van der Waals surface area contributed by atoms with Gasteiger partial charge in [-0.05, 0) is 49.4 Å². The Hall–Kier alpha value is -1.11. The number of methoxy groups -OCH3 is 1. The lowest BCUT2D eigenvalue weighted by Gasteiger charge is -2.24. The average molecular weight is 313 g/mol. The summed E-state index contributed by atoms with van der Waals surface area (Å²) < 4.78 is 36.7. The van der Waals surface area contributed by atoms with Crippen molar-refractivity contribution in [3.8, 4) is 5.75 Å². The topological polar surface area (TPSA) is 55.8 Å². The molecule has 1 aromatic rings. The smallest absolute Gasteiger partial charge is 0.242 e. The van der Waals surface area contributed by atoms with Crippen LogP contribution >= 0.6 is 0 Å². The number of nitrogens with zero attached hydrogens (tertiary/aromatic N) is 1. The van der Waals surface area contributed by atoms with Gasteiger partial charge < -0.3 is 9.47 Å². The van der Waals surface area contributed by atoms with E-state index in [1.165, 1.54) is 4.31 Å². The van der Waals surface area contributed by atoms with E-state index in [1.54, 1.807) is 38.4 Å². The number of hydrogen-bond acceptors (Lipinski definition) is 4. The van der Waals surface area contributed by atoms with E-state index >= 15 is 0 Å². The van der Waals surface area contributed by atoms with Gasteiger partial charge in [-0.15, -0.1) is 0 Å². The van der Waals surface area contributed by atoms with E-state index in [0.29, 0.717) is 23.1 Å². The highest BCUT2D eigenvalue weighted by Gasteiger charge is 2.22. The van der Waals surface area contributed by atoms with Crippen molar-refractivity contribution in [1.82, 2.24) is 4.31 Å². The summed E-state index contributed by atoms with van der Waals surface area (Å²) in [6, 6.07) is 6.50. The van der Waals surface area contributed by atoms with Crippen LogP contribution < -0.4 is 4.74 Å². The molecule has 1 heterocycles. The highest BCUT2D eigenvalue weighted by atomic mass is 32.2. The molecular formula is C15H23NO4S. The maximum atomic E-state index is 12.5. The second-order valence-corrected chi connectivity index (χ2v) is 7.39. The van der Waals surface area contributed by atoms with Gasteiger partial charge in [-0.1, -0.05) is 0 Å². The van der Waals surface area contributed by atoms with E-state index in [1.807, 2.05) is 0 Å². The third-order valence-electron chi connectivity index (χ3n) is 3.96. The summed E-state index contributed by atoms with van der Waals surface area (Å²) in [5.74, 6) is 1.21. The molecule has 1 fully saturated rings. The zero-order valence-corrected chi connectivity index (χ0v) is 13.4. The fraction of sp³-hybridized carbons (Fsp3) is 0.600. The highest BCUT2D eigenvalue weighted by Crippen LogP contribution is 2.22. The second-order valence-electron chi connectivity index (χ2n) is 5.35. The number of sulfonamides is 1. The minimum Gasteiger partial charge on any atom is -0.497 e. The van der Waals surface area contributed by atoms with Crippen LogP contribution in [0.1, 0.15) is 19.3 Å². The fourth-order valence-electron chi connectivity index (χ4n) is 2.45. The third kappa shape index (κ3) is 4.18. The Morgan fingerprint density at radius 1 is 1.24 bits per heavy atom. The minimum atomic E-state index is -3.42. The standard InChI is InChI=1S/C15H23NO4S/c1-16(10-7-13-8-11-20-12-9-13)21(17,18)15-5-3-14(19-2)4-6-15/h3-6,13H,7-12H2,1-2H3. The summed E-state index contributed by atoms with van der Waals surface area (Å²) >= 11 is 0. The molecule has 0 amide bonds. The Morgan fingerprint density at radius 2 is 1.86 bits per heavy atom. The first-order valence-electron chi connectivity index (χ1n) is 7.22. The van der Waals surface area contributed by atoms with Gasteiger partial charge in [0.2, 0.25) is 10.0 Å². The monoisotopic (exact) mass is 313 g/mol. The van der Waals surface area contributed by atoms with Gasteiger partial charge >= 0.3 is 0 Å². The molecule has 5 nitrogen and oxygen atoms in total. The molecule has 1 aliphatic rings. The molecule has 0 bridgehead atoms. The number of benzene rings is 1. The van der Waals surface area contributed by atoms with Crippen LogP contribution in [0.3, 0.4) is 0 Å². The van der Waals surface area contributed by atoms with Crippen molar-refractivity contribution >= 4 is 10.0 Å². The Labute approximate surface area is 126 Å². The molecule has 1 aliphatic heterocycles. The van der Waals surface area contributed by atoms with Crippen LogP contribution in [0.25, 0.3) is 0 Å². The van der Waals surface area contributed by atoms with Crippen molar-refractivity contribution in [3.63, 3.8) is 0 Å². The largest absolute Gasteiger partial charge is 0.497 e. The van der Waals surface area contributed by atoms with Crippen molar-refractivity contribution in [3.05, 3.63) is 24.3 Å². The molecule has 0 aromatic heterocycles. The molecule has 0 unspecified atom stereocenters. The summed E-state index contributed by atoms with van der Waals surface area (Å²) in [5, 5.41) is 0. The summed E-state index contributed by atoms with van der Waals surface area (Å²) in [4.78, 5) is 0.303. The Bertz CT molecular complexity index is 535. The highest BCUT2D eigenvalue weighted by molar-refractivity contribution is 7.89. The Balaban J connectivity index is 1.96. The van der Waals surface area contributed by atoms with Crippen LogP contribution in [0.2, 0.25) is 0 Å². The maximum absolute atomic E-state index is 12.5. The first kappa shape index (κ1) is 16.3. The Kier molecular flexibility index (Phi) is 5.61. The average Bonchev–Trinajstić information content (AvgIpc) is 2.53. The molecule has 6 heteroatoms. The van der Waals surface area contributed by atoms with Gasteiger partial charge in [0.1, 0.15) is 5.75 Å². The number of hydrogen-bond donors (Lipinski definition) is 0. The van der Waals surface area contributed by atoms with Crippen molar-refractivity contribution in [2.75, 3.05) is 33.9 Å². The second kappa shape index (κ2) is 7.24. The minimum absolute atomic E-state index is 0.303. The van der Waals surface area contributed by atoms with Crippen molar-refractivity contribution in [2.24, 2.45) is 5.92 Å². The molecular weight excluding hydrogens is 290 g/mol. The molecule has 0 N–H and O–H groups in total. The summed E-state index contributed by atoms with van der Waals surface area (Å²) in [6.07, 6.45) is 2.93. The molecule has 2 rings (SSSR count). The molecule has 0 saturated carbocycles. The van der Waals surface area contributed by atoms with Crippen LogP contribution in [-0.2, 0) is 14.8 Å². The molecule has 1 aromatic carbocycles. The van der Waals surface area contributed by atoms with Crippen LogP contribution in [0.5, 0.6) is 5.75 Å². The maximum Gasteiger partial charge on any atom is 0.242 e. The van der Waals surface area contributed by atoms with Crippen molar-refractivity contribution in [2.45, 2.75) is 24.2 Å². The van der Waals surface area contributed by atoms with Crippen LogP contribution in [0.4, 0.5) is 0 Å². The molecule has 1 saturated heterocycles. The lowest BCUT2D eigenvalue weighted by atomic mass is 9.97. The van der Waals surface area contributed by atoms with Gasteiger partial charge in [0.05, 0.1) is 12.0 Å². The quantitative estimate of drug-likeness (QED) is 0.807. The van der Waals surface area contributed by atoms with Gasteiger partial charge in [-0.3, -0.25) is 0 Å². The summed E-state index contributed by atoms with van der Waals surface area (Å²) in [7, 11) is -0.221. The van der Waals surface area contributed by atoms with Crippen molar-refractivity contribution < 1.29 is 17.9 Å².